The first-order chi connectivity index (χ1) is 12.9. The van der Waals surface area contributed by atoms with Crippen molar-refractivity contribution < 1.29 is 14.3 Å². The van der Waals surface area contributed by atoms with Crippen LogP contribution in [-0.4, -0.2) is 38.5 Å². The summed E-state index contributed by atoms with van der Waals surface area (Å²) in [6.45, 7) is 0. The van der Waals surface area contributed by atoms with Gasteiger partial charge in [0.25, 0.3) is 5.91 Å². The molecule has 0 unspecified atom stereocenters. The lowest BCUT2D eigenvalue weighted by molar-refractivity contribution is -0.113. The molecular formula is C20H20N2O3S2. The van der Waals surface area contributed by atoms with E-state index in [1.54, 1.807) is 25.2 Å². The highest BCUT2D eigenvalue weighted by Gasteiger charge is 2.33. The number of thioether (sulfide) groups is 1. The van der Waals surface area contributed by atoms with E-state index in [0.29, 0.717) is 20.7 Å². The average molecular weight is 401 g/mol. The summed E-state index contributed by atoms with van der Waals surface area (Å²) in [5, 5.41) is 0. The molecule has 5 nitrogen and oxygen atoms in total. The normalized spacial score (nSPS) is 15.4. The summed E-state index contributed by atoms with van der Waals surface area (Å²) in [5.74, 6) is 1.21. The minimum atomic E-state index is -0.146. The van der Waals surface area contributed by atoms with Crippen LogP contribution in [0.25, 0.3) is 6.08 Å². The van der Waals surface area contributed by atoms with Gasteiger partial charge in [0, 0.05) is 25.3 Å². The molecule has 27 heavy (non-hydrogen) atoms. The van der Waals surface area contributed by atoms with Gasteiger partial charge < -0.3 is 14.4 Å². The van der Waals surface area contributed by atoms with Crippen LogP contribution in [0.4, 0.5) is 11.4 Å². The van der Waals surface area contributed by atoms with E-state index in [1.807, 2.05) is 61.5 Å². The fourth-order valence-corrected chi connectivity index (χ4v) is 3.97. The highest BCUT2D eigenvalue weighted by Crippen LogP contribution is 2.38. The van der Waals surface area contributed by atoms with E-state index < -0.39 is 0 Å². The summed E-state index contributed by atoms with van der Waals surface area (Å²) in [6.07, 6.45) is 1.79. The minimum absolute atomic E-state index is 0.146. The van der Waals surface area contributed by atoms with Gasteiger partial charge in [-0.25, -0.2) is 0 Å². The van der Waals surface area contributed by atoms with Crippen molar-refractivity contribution in [1.29, 1.82) is 0 Å². The number of anilines is 2. The lowest BCUT2D eigenvalue weighted by Gasteiger charge is -2.17. The Morgan fingerprint density at radius 1 is 1.07 bits per heavy atom. The van der Waals surface area contributed by atoms with E-state index in [1.165, 1.54) is 11.8 Å². The topological polar surface area (TPSA) is 42.0 Å². The fourth-order valence-electron chi connectivity index (χ4n) is 2.68. The van der Waals surface area contributed by atoms with Gasteiger partial charge in [0.05, 0.1) is 24.8 Å². The van der Waals surface area contributed by atoms with Crippen molar-refractivity contribution in [3.8, 4) is 11.5 Å². The van der Waals surface area contributed by atoms with E-state index in [4.69, 9.17) is 21.7 Å². The van der Waals surface area contributed by atoms with Crippen LogP contribution in [0.3, 0.4) is 0 Å². The molecule has 0 bridgehead atoms. The molecule has 1 amide bonds. The molecule has 0 aliphatic carbocycles. The van der Waals surface area contributed by atoms with Gasteiger partial charge in [0.1, 0.15) is 11.5 Å². The first-order valence-corrected chi connectivity index (χ1v) is 9.44. The maximum Gasteiger partial charge on any atom is 0.270 e. The number of rotatable bonds is 5. The summed E-state index contributed by atoms with van der Waals surface area (Å²) in [6, 6.07) is 13.2. The number of carbonyl (C=O) groups excluding carboxylic acids is 1. The number of methoxy groups -OCH3 is 2. The maximum atomic E-state index is 13.0. The van der Waals surface area contributed by atoms with Crippen LogP contribution < -0.4 is 19.3 Å². The van der Waals surface area contributed by atoms with Crippen molar-refractivity contribution in [2.24, 2.45) is 0 Å². The SMILES string of the molecule is COc1ccc(OC)c(/C=C2\SC(=S)N(c3ccc(N(C)C)cc3)C2=O)c1. The van der Waals surface area contributed by atoms with Crippen LogP contribution in [0.1, 0.15) is 5.56 Å². The van der Waals surface area contributed by atoms with Crippen molar-refractivity contribution in [2.75, 3.05) is 38.1 Å². The third-order valence-electron chi connectivity index (χ3n) is 4.14. The highest BCUT2D eigenvalue weighted by molar-refractivity contribution is 8.27. The van der Waals surface area contributed by atoms with E-state index in [0.717, 1.165) is 16.9 Å². The second-order valence-corrected chi connectivity index (χ2v) is 7.71. The summed E-state index contributed by atoms with van der Waals surface area (Å²) in [7, 11) is 7.14. The average Bonchev–Trinajstić information content (AvgIpc) is 2.95. The number of benzene rings is 2. The van der Waals surface area contributed by atoms with E-state index in [2.05, 4.69) is 0 Å². The molecule has 3 rings (SSSR count). The smallest absolute Gasteiger partial charge is 0.270 e. The Bertz CT molecular complexity index is 908. The van der Waals surface area contributed by atoms with Gasteiger partial charge >= 0.3 is 0 Å². The lowest BCUT2D eigenvalue weighted by atomic mass is 10.1. The van der Waals surface area contributed by atoms with Gasteiger partial charge in [0.15, 0.2) is 4.32 Å². The van der Waals surface area contributed by atoms with Crippen molar-refractivity contribution in [3.05, 3.63) is 52.9 Å². The Morgan fingerprint density at radius 3 is 2.37 bits per heavy atom. The standard InChI is InChI=1S/C20H20N2O3S2/c1-21(2)14-5-7-15(8-6-14)22-19(23)18(27-20(22)26)12-13-11-16(24-3)9-10-17(13)25-4/h5-12H,1-4H3/b18-12-. The minimum Gasteiger partial charge on any atom is -0.497 e. The number of thiocarbonyl (C=S) groups is 1. The first kappa shape index (κ1) is 19.3. The van der Waals surface area contributed by atoms with Gasteiger partial charge in [-0.3, -0.25) is 9.69 Å². The summed E-state index contributed by atoms with van der Waals surface area (Å²) < 4.78 is 11.2. The molecule has 0 radical (unpaired) electrons. The number of ether oxygens (including phenoxy) is 2. The molecule has 0 saturated carbocycles. The maximum absolute atomic E-state index is 13.0. The van der Waals surface area contributed by atoms with E-state index in [-0.39, 0.29) is 5.91 Å². The van der Waals surface area contributed by atoms with Gasteiger partial charge in [-0.05, 0) is 48.5 Å². The van der Waals surface area contributed by atoms with Crippen molar-refractivity contribution in [2.45, 2.75) is 0 Å². The van der Waals surface area contributed by atoms with Crippen molar-refractivity contribution >= 4 is 51.7 Å². The third-order valence-corrected chi connectivity index (χ3v) is 5.44. The first-order valence-electron chi connectivity index (χ1n) is 8.22. The van der Waals surface area contributed by atoms with Crippen LogP contribution in [-0.2, 0) is 4.79 Å². The Kier molecular flexibility index (Phi) is 5.72. The highest BCUT2D eigenvalue weighted by atomic mass is 32.2. The van der Waals surface area contributed by atoms with Gasteiger partial charge in [-0.1, -0.05) is 24.0 Å². The van der Waals surface area contributed by atoms with Gasteiger partial charge in [-0.15, -0.1) is 0 Å². The lowest BCUT2D eigenvalue weighted by Crippen LogP contribution is -2.27. The van der Waals surface area contributed by atoms with E-state index in [9.17, 15) is 4.79 Å². The molecule has 0 atom stereocenters. The number of hydrogen-bond donors (Lipinski definition) is 0. The monoisotopic (exact) mass is 400 g/mol. The quantitative estimate of drug-likeness (QED) is 0.554. The Hall–Kier alpha value is -2.51. The summed E-state index contributed by atoms with van der Waals surface area (Å²) in [5.41, 5.74) is 2.57. The van der Waals surface area contributed by atoms with Crippen LogP contribution in [0.15, 0.2) is 47.4 Å². The molecule has 1 aliphatic heterocycles. The second-order valence-electron chi connectivity index (χ2n) is 6.04. The van der Waals surface area contributed by atoms with Crippen LogP contribution in [0.2, 0.25) is 0 Å². The Labute approximate surface area is 168 Å². The molecule has 1 aliphatic rings. The zero-order valence-electron chi connectivity index (χ0n) is 15.6. The fraction of sp³-hybridized carbons (Fsp3) is 0.200. The van der Waals surface area contributed by atoms with Crippen LogP contribution in [0, 0.1) is 0 Å². The van der Waals surface area contributed by atoms with Crippen molar-refractivity contribution in [3.63, 3.8) is 0 Å². The zero-order valence-corrected chi connectivity index (χ0v) is 17.2. The molecule has 1 heterocycles. The second kappa shape index (κ2) is 8.02. The van der Waals surface area contributed by atoms with E-state index >= 15 is 0 Å². The molecule has 0 aromatic heterocycles. The molecule has 0 spiro atoms. The Balaban J connectivity index is 1.93. The number of hydrogen-bond acceptors (Lipinski definition) is 6. The Morgan fingerprint density at radius 2 is 1.78 bits per heavy atom. The molecular weight excluding hydrogens is 380 g/mol. The predicted molar refractivity (Wildman–Crippen MR) is 116 cm³/mol. The third kappa shape index (κ3) is 3.94. The van der Waals surface area contributed by atoms with Gasteiger partial charge in [-0.2, -0.15) is 0 Å². The van der Waals surface area contributed by atoms with Gasteiger partial charge in [0.2, 0.25) is 0 Å². The largest absolute Gasteiger partial charge is 0.497 e. The number of carbonyl (C=O) groups is 1. The summed E-state index contributed by atoms with van der Waals surface area (Å²) >= 11 is 6.72. The number of amides is 1. The van der Waals surface area contributed by atoms with Crippen molar-refractivity contribution in [1.82, 2.24) is 0 Å². The number of nitrogens with zero attached hydrogens (tertiary/aromatic N) is 2. The molecule has 1 fully saturated rings. The molecule has 2 aromatic carbocycles. The molecule has 1 saturated heterocycles. The van der Waals surface area contributed by atoms with Crippen LogP contribution >= 0.6 is 24.0 Å². The summed E-state index contributed by atoms with van der Waals surface area (Å²) in [4.78, 5) is 17.1. The zero-order chi connectivity index (χ0) is 19.6. The van der Waals surface area contributed by atoms with Crippen LogP contribution in [0.5, 0.6) is 11.5 Å². The molecule has 2 aromatic rings. The predicted octanol–water partition coefficient (Wildman–Crippen LogP) is 4.18. The molecule has 0 N–H and O–H groups in total. The molecule has 140 valence electrons. The molecule has 7 heteroatoms.